The van der Waals surface area contributed by atoms with Crippen molar-refractivity contribution in [3.63, 3.8) is 0 Å². The Morgan fingerprint density at radius 2 is 0.494 bits per heavy atom. The fourth-order valence-corrected chi connectivity index (χ4v) is 8.31. The van der Waals surface area contributed by atoms with Gasteiger partial charge in [-0.05, 0) is 128 Å². The van der Waals surface area contributed by atoms with Crippen LogP contribution in [-0.4, -0.2) is 37.2 Å². The van der Waals surface area contributed by atoms with Crippen molar-refractivity contribution in [3.8, 4) is 0 Å². The number of hydrogen-bond acceptors (Lipinski definition) is 6. The van der Waals surface area contributed by atoms with Crippen LogP contribution in [-0.2, 0) is 28.6 Å². The minimum Gasteiger partial charge on any atom is -0.462 e. The average molecular weight is 1090 g/mol. The van der Waals surface area contributed by atoms with E-state index in [1.54, 1.807) is 0 Å². The molecule has 0 bridgehead atoms. The number of esters is 3. The molecule has 1 unspecified atom stereocenters. The molecular formula is C73H116O6. The molecule has 0 heterocycles. The van der Waals surface area contributed by atoms with Gasteiger partial charge in [0.15, 0.2) is 6.10 Å². The highest BCUT2D eigenvalue weighted by atomic mass is 16.6. The van der Waals surface area contributed by atoms with Gasteiger partial charge in [-0.2, -0.15) is 0 Å². The third-order valence-electron chi connectivity index (χ3n) is 13.0. The molecule has 1 atom stereocenters. The van der Waals surface area contributed by atoms with Crippen LogP contribution in [0.3, 0.4) is 0 Å². The third kappa shape index (κ3) is 63.7. The monoisotopic (exact) mass is 1090 g/mol. The van der Waals surface area contributed by atoms with E-state index in [0.717, 1.165) is 141 Å². The van der Waals surface area contributed by atoms with Gasteiger partial charge in [-0.1, -0.05) is 275 Å². The molecule has 0 saturated heterocycles. The first kappa shape index (κ1) is 74.0. The van der Waals surface area contributed by atoms with Crippen molar-refractivity contribution in [2.45, 2.75) is 271 Å². The maximum Gasteiger partial charge on any atom is 0.306 e. The Labute approximate surface area is 486 Å². The predicted octanol–water partition coefficient (Wildman–Crippen LogP) is 22.1. The molecule has 0 aliphatic rings. The van der Waals surface area contributed by atoms with E-state index in [-0.39, 0.29) is 31.1 Å². The average Bonchev–Trinajstić information content (AvgIpc) is 3.45. The minimum absolute atomic E-state index is 0.0990. The van der Waals surface area contributed by atoms with Gasteiger partial charge < -0.3 is 14.2 Å². The maximum atomic E-state index is 12.9. The van der Waals surface area contributed by atoms with E-state index in [9.17, 15) is 14.4 Å². The third-order valence-corrected chi connectivity index (χ3v) is 13.0. The van der Waals surface area contributed by atoms with Crippen LogP contribution in [0, 0.1) is 0 Å². The lowest BCUT2D eigenvalue weighted by Gasteiger charge is -2.18. The van der Waals surface area contributed by atoms with Gasteiger partial charge in [-0.25, -0.2) is 0 Å². The number of unbranched alkanes of at least 4 members (excludes halogenated alkanes) is 19. The summed E-state index contributed by atoms with van der Waals surface area (Å²) in [7, 11) is 0. The van der Waals surface area contributed by atoms with Crippen molar-refractivity contribution in [1.29, 1.82) is 0 Å². The molecule has 79 heavy (non-hydrogen) atoms. The molecule has 0 aromatic rings. The van der Waals surface area contributed by atoms with Gasteiger partial charge in [0.2, 0.25) is 0 Å². The van der Waals surface area contributed by atoms with E-state index >= 15 is 0 Å². The largest absolute Gasteiger partial charge is 0.462 e. The fourth-order valence-electron chi connectivity index (χ4n) is 8.31. The van der Waals surface area contributed by atoms with Gasteiger partial charge in [-0.15, -0.1) is 0 Å². The topological polar surface area (TPSA) is 78.9 Å². The van der Waals surface area contributed by atoms with E-state index in [0.29, 0.717) is 25.7 Å². The molecule has 6 heteroatoms. The van der Waals surface area contributed by atoms with Crippen LogP contribution in [0.15, 0.2) is 158 Å². The summed E-state index contributed by atoms with van der Waals surface area (Å²) in [6.07, 6.45) is 95.4. The van der Waals surface area contributed by atoms with E-state index in [1.807, 2.05) is 0 Å². The van der Waals surface area contributed by atoms with Gasteiger partial charge in [0.05, 0.1) is 0 Å². The van der Waals surface area contributed by atoms with Crippen molar-refractivity contribution in [1.82, 2.24) is 0 Å². The number of allylic oxidation sites excluding steroid dienone is 26. The summed E-state index contributed by atoms with van der Waals surface area (Å²) in [5.41, 5.74) is 0. The molecule has 0 aliphatic carbocycles. The molecular weight excluding hydrogens is 973 g/mol. The number of rotatable bonds is 56. The highest BCUT2D eigenvalue weighted by molar-refractivity contribution is 5.71. The summed E-state index contributed by atoms with van der Waals surface area (Å²) in [4.78, 5) is 38.2. The van der Waals surface area contributed by atoms with E-state index in [4.69, 9.17) is 14.2 Å². The van der Waals surface area contributed by atoms with Gasteiger partial charge in [0, 0.05) is 19.3 Å². The predicted molar refractivity (Wildman–Crippen MR) is 343 cm³/mol. The van der Waals surface area contributed by atoms with Crippen LogP contribution in [0.4, 0.5) is 0 Å². The SMILES string of the molecule is CC/C=C\C/C=C\C/C=C\C/C=C\C/C=C\C/C=C\C/C=C\C/C=C\CCCCC(=O)OCC(COC(=O)CCCCCCCCCCC)OC(=O)CCCCCCCCCCC/C=C\C/C=C\C/C=C\C/C=C\C/C=C\CC. The first-order valence-corrected chi connectivity index (χ1v) is 32.0. The smallest absolute Gasteiger partial charge is 0.306 e. The Bertz CT molecular complexity index is 1780. The molecule has 0 amide bonds. The Kier molecular flexibility index (Phi) is 61.4. The summed E-state index contributed by atoms with van der Waals surface area (Å²) in [5, 5.41) is 0. The molecule has 0 fully saturated rings. The molecule has 6 nitrogen and oxygen atoms in total. The highest BCUT2D eigenvalue weighted by Gasteiger charge is 2.19. The fraction of sp³-hybridized carbons (Fsp3) is 0.603. The van der Waals surface area contributed by atoms with Gasteiger partial charge >= 0.3 is 17.9 Å². The van der Waals surface area contributed by atoms with Crippen LogP contribution < -0.4 is 0 Å². The zero-order valence-corrected chi connectivity index (χ0v) is 50.8. The van der Waals surface area contributed by atoms with Gasteiger partial charge in [0.1, 0.15) is 13.2 Å². The normalized spacial score (nSPS) is 13.2. The molecule has 0 rings (SSSR count). The number of hydrogen-bond donors (Lipinski definition) is 0. The molecule has 0 aliphatic heterocycles. The van der Waals surface area contributed by atoms with Gasteiger partial charge in [0.25, 0.3) is 0 Å². The maximum absolute atomic E-state index is 12.9. The van der Waals surface area contributed by atoms with E-state index in [2.05, 4.69) is 179 Å². The highest BCUT2D eigenvalue weighted by Crippen LogP contribution is 2.15. The number of carbonyl (C=O) groups is 3. The van der Waals surface area contributed by atoms with Crippen LogP contribution >= 0.6 is 0 Å². The second kappa shape index (κ2) is 65.5. The van der Waals surface area contributed by atoms with Gasteiger partial charge in [-0.3, -0.25) is 14.4 Å². The van der Waals surface area contributed by atoms with Crippen LogP contribution in [0.5, 0.6) is 0 Å². The summed E-state index contributed by atoms with van der Waals surface area (Å²) in [6, 6.07) is 0. The standard InChI is InChI=1S/C73H116O6/c1-4-7-10-13-16-19-21-23-25-27-29-31-33-35-36-38-39-41-43-45-47-49-51-54-57-60-63-66-72(75)78-69-70(68-77-71(74)65-62-59-56-53-18-15-12-9-6-3)79-73(76)67-64-61-58-55-52-50-48-46-44-42-40-37-34-32-30-28-26-24-22-20-17-14-11-8-5-2/h7-8,10-11,16-17,19-20,23-26,29-32,35-37,39-41,45,47,51,54,70H,4-6,9,12-15,18,21-22,27-28,33-34,38,42-44,46,48-50,52-53,55-69H2,1-3H3/b10-7-,11-8-,19-16-,20-17-,25-23-,26-24-,31-29-,32-30-,36-35-,40-37-,41-39-,47-45-,54-51-. The number of ether oxygens (including phenoxy) is 3. The van der Waals surface area contributed by atoms with Crippen molar-refractivity contribution in [2.24, 2.45) is 0 Å². The lowest BCUT2D eigenvalue weighted by Crippen LogP contribution is -2.30. The van der Waals surface area contributed by atoms with Crippen molar-refractivity contribution < 1.29 is 28.6 Å². The Morgan fingerprint density at radius 3 is 0.797 bits per heavy atom. The molecule has 0 aromatic carbocycles. The molecule has 0 radical (unpaired) electrons. The zero-order chi connectivity index (χ0) is 57.1. The minimum atomic E-state index is -0.806. The Balaban J connectivity index is 4.36. The summed E-state index contributed by atoms with van der Waals surface area (Å²) in [6.45, 7) is 6.35. The van der Waals surface area contributed by atoms with Crippen molar-refractivity contribution in [2.75, 3.05) is 13.2 Å². The summed E-state index contributed by atoms with van der Waals surface area (Å²) >= 11 is 0. The molecule has 0 spiro atoms. The van der Waals surface area contributed by atoms with Crippen LogP contribution in [0.25, 0.3) is 0 Å². The molecule has 0 N–H and O–H groups in total. The van der Waals surface area contributed by atoms with E-state index < -0.39 is 6.10 Å². The van der Waals surface area contributed by atoms with Crippen LogP contribution in [0.1, 0.15) is 265 Å². The summed E-state index contributed by atoms with van der Waals surface area (Å²) in [5.74, 6) is -0.957. The Hall–Kier alpha value is -4.97. The molecule has 444 valence electrons. The molecule has 0 saturated carbocycles. The quantitative estimate of drug-likeness (QED) is 0.0261. The second-order valence-corrected chi connectivity index (χ2v) is 20.6. The second-order valence-electron chi connectivity index (χ2n) is 20.6. The summed E-state index contributed by atoms with van der Waals surface area (Å²) < 4.78 is 16.8. The first-order chi connectivity index (χ1) is 39.0. The number of carbonyl (C=O) groups excluding carboxylic acids is 3. The zero-order valence-electron chi connectivity index (χ0n) is 50.8. The van der Waals surface area contributed by atoms with Crippen molar-refractivity contribution >= 4 is 17.9 Å². The van der Waals surface area contributed by atoms with Crippen LogP contribution in [0.2, 0.25) is 0 Å². The molecule has 0 aromatic heterocycles. The van der Waals surface area contributed by atoms with Crippen molar-refractivity contribution in [3.05, 3.63) is 158 Å². The Morgan fingerprint density at radius 1 is 0.266 bits per heavy atom. The first-order valence-electron chi connectivity index (χ1n) is 32.0. The lowest BCUT2D eigenvalue weighted by molar-refractivity contribution is -0.167. The lowest BCUT2D eigenvalue weighted by atomic mass is 10.1. The van der Waals surface area contributed by atoms with E-state index in [1.165, 1.54) is 77.0 Å².